The smallest absolute Gasteiger partial charge is 0.310 e. The second-order valence-electron chi connectivity index (χ2n) is 5.48. The van der Waals surface area contributed by atoms with Gasteiger partial charge >= 0.3 is 5.97 Å². The van der Waals surface area contributed by atoms with E-state index in [4.69, 9.17) is 9.47 Å². The van der Waals surface area contributed by atoms with Gasteiger partial charge in [-0.05, 0) is 42.2 Å². The lowest BCUT2D eigenvalue weighted by Gasteiger charge is -2.15. The maximum absolute atomic E-state index is 11.6. The first kappa shape index (κ1) is 18.5. The molecular formula is C20H23BrO3. The van der Waals surface area contributed by atoms with Crippen molar-refractivity contribution in [2.75, 3.05) is 0 Å². The summed E-state index contributed by atoms with van der Waals surface area (Å²) in [5.41, 5.74) is 3.33. The molecule has 24 heavy (non-hydrogen) atoms. The third-order valence-corrected chi connectivity index (χ3v) is 4.62. The van der Waals surface area contributed by atoms with Gasteiger partial charge in [0.05, 0.1) is 0 Å². The van der Waals surface area contributed by atoms with E-state index in [1.165, 1.54) is 11.1 Å². The third kappa shape index (κ3) is 4.60. The predicted octanol–water partition coefficient (Wildman–Crippen LogP) is 5.47. The Morgan fingerprint density at radius 3 is 2.50 bits per heavy atom. The van der Waals surface area contributed by atoms with E-state index >= 15 is 0 Å². The molecule has 0 radical (unpaired) electrons. The molecule has 0 fully saturated rings. The van der Waals surface area contributed by atoms with E-state index in [0.717, 1.165) is 28.6 Å². The Balaban J connectivity index is 2.21. The van der Waals surface area contributed by atoms with Crippen molar-refractivity contribution in [2.24, 2.45) is 0 Å². The lowest BCUT2D eigenvalue weighted by Crippen LogP contribution is -2.09. The summed E-state index contributed by atoms with van der Waals surface area (Å²) in [7, 11) is 0. The van der Waals surface area contributed by atoms with Crippen LogP contribution in [0.3, 0.4) is 0 Å². The van der Waals surface area contributed by atoms with Crippen molar-refractivity contribution in [1.82, 2.24) is 0 Å². The van der Waals surface area contributed by atoms with Gasteiger partial charge in [0.15, 0.2) is 0 Å². The fourth-order valence-corrected chi connectivity index (χ4v) is 2.85. The van der Waals surface area contributed by atoms with E-state index in [0.29, 0.717) is 18.8 Å². The summed E-state index contributed by atoms with van der Waals surface area (Å²) < 4.78 is 12.3. The van der Waals surface area contributed by atoms with E-state index in [1.54, 1.807) is 13.0 Å². The van der Waals surface area contributed by atoms with E-state index in [2.05, 4.69) is 41.9 Å². The van der Waals surface area contributed by atoms with Gasteiger partial charge in [-0.15, -0.1) is 0 Å². The summed E-state index contributed by atoms with van der Waals surface area (Å²) in [6.07, 6.45) is 2.26. The molecule has 0 aromatic heterocycles. The average molecular weight is 391 g/mol. The zero-order valence-corrected chi connectivity index (χ0v) is 16.0. The van der Waals surface area contributed by atoms with Gasteiger partial charge in [-0.1, -0.05) is 54.9 Å². The van der Waals surface area contributed by atoms with Crippen molar-refractivity contribution in [3.8, 4) is 11.5 Å². The number of aryl methyl sites for hydroxylation is 2. The van der Waals surface area contributed by atoms with Gasteiger partial charge in [-0.25, -0.2) is 0 Å². The summed E-state index contributed by atoms with van der Waals surface area (Å²) in [5.74, 6) is 1.16. The van der Waals surface area contributed by atoms with E-state index in [9.17, 15) is 4.79 Å². The molecule has 0 N–H and O–H groups in total. The Morgan fingerprint density at radius 1 is 1.04 bits per heavy atom. The van der Waals surface area contributed by atoms with Crippen molar-refractivity contribution >= 4 is 21.9 Å². The van der Waals surface area contributed by atoms with Crippen molar-refractivity contribution < 1.29 is 14.3 Å². The Hall–Kier alpha value is -1.81. The SMILES string of the molecule is CCC(=O)Oc1cccc(Br)c1COc1ccc(CC)cc1CC. The van der Waals surface area contributed by atoms with Crippen LogP contribution in [0.4, 0.5) is 0 Å². The second kappa shape index (κ2) is 8.88. The van der Waals surface area contributed by atoms with Gasteiger partial charge in [-0.2, -0.15) is 0 Å². The number of carbonyl (C=O) groups is 1. The monoisotopic (exact) mass is 390 g/mol. The van der Waals surface area contributed by atoms with Crippen LogP contribution in [0.5, 0.6) is 11.5 Å². The maximum atomic E-state index is 11.6. The molecular weight excluding hydrogens is 368 g/mol. The normalized spacial score (nSPS) is 10.5. The molecule has 2 aromatic rings. The zero-order chi connectivity index (χ0) is 17.5. The molecule has 0 heterocycles. The fourth-order valence-electron chi connectivity index (χ4n) is 2.39. The second-order valence-corrected chi connectivity index (χ2v) is 6.34. The minimum Gasteiger partial charge on any atom is -0.488 e. The number of halogens is 1. The minimum atomic E-state index is -0.254. The predicted molar refractivity (Wildman–Crippen MR) is 99.6 cm³/mol. The number of carbonyl (C=O) groups excluding carboxylic acids is 1. The Kier molecular flexibility index (Phi) is 6.85. The van der Waals surface area contributed by atoms with Gasteiger partial charge in [-0.3, -0.25) is 4.79 Å². The van der Waals surface area contributed by atoms with Crippen LogP contribution < -0.4 is 9.47 Å². The van der Waals surface area contributed by atoms with Gasteiger partial charge in [0.2, 0.25) is 0 Å². The number of hydrogen-bond acceptors (Lipinski definition) is 3. The van der Waals surface area contributed by atoms with Crippen LogP contribution in [0.2, 0.25) is 0 Å². The molecule has 0 aliphatic heterocycles. The van der Waals surface area contributed by atoms with Crippen LogP contribution in [0, 0.1) is 0 Å². The van der Waals surface area contributed by atoms with Crippen LogP contribution in [0.15, 0.2) is 40.9 Å². The molecule has 0 atom stereocenters. The highest BCUT2D eigenvalue weighted by Crippen LogP contribution is 2.30. The van der Waals surface area contributed by atoms with Crippen molar-refractivity contribution in [3.05, 3.63) is 57.6 Å². The minimum absolute atomic E-state index is 0.254. The van der Waals surface area contributed by atoms with Crippen LogP contribution >= 0.6 is 15.9 Å². The van der Waals surface area contributed by atoms with Gasteiger partial charge in [0.1, 0.15) is 18.1 Å². The standard InChI is InChI=1S/C20H23BrO3/c1-4-14-10-11-18(15(5-2)12-14)23-13-16-17(21)8-7-9-19(16)24-20(22)6-3/h7-12H,4-6,13H2,1-3H3. The van der Waals surface area contributed by atoms with Gasteiger partial charge in [0, 0.05) is 16.5 Å². The number of hydrogen-bond donors (Lipinski definition) is 0. The molecule has 0 unspecified atom stereocenters. The van der Waals surface area contributed by atoms with Gasteiger partial charge in [0.25, 0.3) is 0 Å². The van der Waals surface area contributed by atoms with Crippen molar-refractivity contribution in [2.45, 2.75) is 46.6 Å². The molecule has 0 aliphatic carbocycles. The first-order valence-electron chi connectivity index (χ1n) is 8.31. The number of rotatable bonds is 7. The molecule has 0 aliphatic rings. The van der Waals surface area contributed by atoms with Crippen LogP contribution in [-0.2, 0) is 24.2 Å². The molecule has 0 saturated heterocycles. The highest BCUT2D eigenvalue weighted by molar-refractivity contribution is 9.10. The topological polar surface area (TPSA) is 35.5 Å². The lowest BCUT2D eigenvalue weighted by atomic mass is 10.1. The number of esters is 1. The largest absolute Gasteiger partial charge is 0.488 e. The average Bonchev–Trinajstić information content (AvgIpc) is 2.61. The summed E-state index contributed by atoms with van der Waals surface area (Å²) in [6, 6.07) is 11.9. The fraction of sp³-hybridized carbons (Fsp3) is 0.350. The molecule has 2 rings (SSSR count). The maximum Gasteiger partial charge on any atom is 0.310 e. The Bertz CT molecular complexity index is 710. The summed E-state index contributed by atoms with van der Waals surface area (Å²) in [4.78, 5) is 11.6. The molecule has 0 spiro atoms. The lowest BCUT2D eigenvalue weighted by molar-refractivity contribution is -0.134. The molecule has 0 saturated carbocycles. The number of ether oxygens (including phenoxy) is 2. The quantitative estimate of drug-likeness (QED) is 0.464. The van der Waals surface area contributed by atoms with Crippen LogP contribution in [0.25, 0.3) is 0 Å². The molecule has 0 bridgehead atoms. The number of benzene rings is 2. The Labute approximate surface area is 152 Å². The van der Waals surface area contributed by atoms with Crippen molar-refractivity contribution in [3.63, 3.8) is 0 Å². The van der Waals surface area contributed by atoms with E-state index in [-0.39, 0.29) is 5.97 Å². The summed E-state index contributed by atoms with van der Waals surface area (Å²) in [6.45, 7) is 6.38. The summed E-state index contributed by atoms with van der Waals surface area (Å²) in [5, 5.41) is 0. The Morgan fingerprint density at radius 2 is 1.83 bits per heavy atom. The molecule has 3 nitrogen and oxygen atoms in total. The molecule has 128 valence electrons. The van der Waals surface area contributed by atoms with E-state index < -0.39 is 0 Å². The highest BCUT2D eigenvalue weighted by Gasteiger charge is 2.13. The zero-order valence-electron chi connectivity index (χ0n) is 14.4. The molecule has 4 heteroatoms. The molecule has 2 aromatic carbocycles. The third-order valence-electron chi connectivity index (χ3n) is 3.87. The van der Waals surface area contributed by atoms with E-state index in [1.807, 2.05) is 18.2 Å². The first-order chi connectivity index (χ1) is 11.6. The highest BCUT2D eigenvalue weighted by atomic mass is 79.9. The van der Waals surface area contributed by atoms with Gasteiger partial charge < -0.3 is 9.47 Å². The van der Waals surface area contributed by atoms with Crippen molar-refractivity contribution in [1.29, 1.82) is 0 Å². The van der Waals surface area contributed by atoms with Crippen LogP contribution in [0.1, 0.15) is 43.9 Å². The molecule has 0 amide bonds. The summed E-state index contributed by atoms with van der Waals surface area (Å²) >= 11 is 3.52. The first-order valence-corrected chi connectivity index (χ1v) is 9.10. The van der Waals surface area contributed by atoms with Crippen LogP contribution in [-0.4, -0.2) is 5.97 Å².